The monoisotopic (exact) mass is 321 g/mol. The molecule has 0 radical (unpaired) electrons. The fraction of sp³-hybridized carbons (Fsp3) is 0.864. The number of nitrogens with zero attached hydrogens (tertiary/aromatic N) is 1. The Hall–Kier alpha value is -0.810. The minimum absolute atomic E-state index is 0.168. The maximum absolute atomic E-state index is 10.1. The van der Waals surface area contributed by atoms with Gasteiger partial charge in [-0.05, 0) is 96.7 Å². The van der Waals surface area contributed by atoms with Crippen LogP contribution in [-0.4, -0.2) is 11.2 Å². The van der Waals surface area contributed by atoms with Gasteiger partial charge in [0.1, 0.15) is 0 Å². The zero-order valence-corrected chi connectivity index (χ0v) is 14.5. The van der Waals surface area contributed by atoms with Crippen LogP contribution in [0.25, 0.3) is 0 Å². The summed E-state index contributed by atoms with van der Waals surface area (Å²) in [6.45, 7) is 2.39. The number of hydrogen-bond donors (Lipinski definition) is 1. The van der Waals surface area contributed by atoms with Gasteiger partial charge in [-0.3, -0.25) is 0 Å². The second-order valence-electron chi connectivity index (χ2n) is 10.3. The van der Waals surface area contributed by atoms with Crippen LogP contribution in [0.2, 0.25) is 0 Å². The fourth-order valence-electron chi connectivity index (χ4n) is 9.98. The zero-order chi connectivity index (χ0) is 16.0. The van der Waals surface area contributed by atoms with Gasteiger partial charge in [0.05, 0.1) is 18.1 Å². The highest BCUT2D eigenvalue weighted by molar-refractivity contribution is 5.49. The van der Waals surface area contributed by atoms with Gasteiger partial charge in [0.15, 0.2) is 0 Å². The smallest absolute Gasteiger partial charge is 0.0723 e. The largest absolute Gasteiger partial charge is 0.389 e. The molecule has 0 amide bonds. The second-order valence-corrected chi connectivity index (χ2v) is 10.3. The lowest BCUT2D eigenvalue weighted by atomic mass is 9.47. The van der Waals surface area contributed by atoms with Crippen LogP contribution in [0, 0.1) is 75.4 Å². The molecule has 10 unspecified atom stereocenters. The molecular weight excluding hydrogens is 294 g/mol. The van der Waals surface area contributed by atoms with E-state index in [0.717, 1.165) is 53.8 Å². The van der Waals surface area contributed by atoms with E-state index < -0.39 is 0 Å². The maximum atomic E-state index is 10.1. The summed E-state index contributed by atoms with van der Waals surface area (Å²) in [5, 5.41) is 20.0. The van der Waals surface area contributed by atoms with Crippen molar-refractivity contribution in [1.82, 2.24) is 0 Å². The van der Waals surface area contributed by atoms with Gasteiger partial charge in [-0.2, -0.15) is 5.26 Å². The Morgan fingerprint density at radius 3 is 2.75 bits per heavy atom. The number of fused-ring (bicyclic) bond motifs is 6. The van der Waals surface area contributed by atoms with Crippen LogP contribution in [0.15, 0.2) is 11.6 Å². The standard InChI is InChI=1S/C22H27NO/c1-2-21-6-5-12-11-4-3-10(24)7-13(11)14-8-15(14)18(12)22(21)19-17(20(19)22)16(21)9-23/h7,10-12,14-20,24H,2-6,8H2,1H3. The zero-order valence-electron chi connectivity index (χ0n) is 14.5. The summed E-state index contributed by atoms with van der Waals surface area (Å²) in [6.07, 6.45) is 9.66. The minimum Gasteiger partial charge on any atom is -0.389 e. The van der Waals surface area contributed by atoms with Gasteiger partial charge in [-0.15, -0.1) is 0 Å². The van der Waals surface area contributed by atoms with Crippen molar-refractivity contribution in [1.29, 1.82) is 5.26 Å². The number of allylic oxidation sites excluding steroid dienone is 1. The highest BCUT2D eigenvalue weighted by Gasteiger charge is 3.00. The molecule has 0 saturated heterocycles. The molecule has 0 heterocycles. The van der Waals surface area contributed by atoms with Gasteiger partial charge in [-0.25, -0.2) is 0 Å². The van der Waals surface area contributed by atoms with Crippen molar-refractivity contribution in [3.63, 3.8) is 0 Å². The van der Waals surface area contributed by atoms with Crippen LogP contribution in [-0.2, 0) is 0 Å². The molecule has 8 aliphatic carbocycles. The van der Waals surface area contributed by atoms with E-state index in [1.54, 1.807) is 5.57 Å². The second kappa shape index (κ2) is 3.66. The average molecular weight is 321 g/mol. The Morgan fingerprint density at radius 2 is 2.00 bits per heavy atom. The van der Waals surface area contributed by atoms with Crippen LogP contribution in [0.5, 0.6) is 0 Å². The van der Waals surface area contributed by atoms with Crippen molar-refractivity contribution in [2.45, 2.75) is 51.6 Å². The van der Waals surface area contributed by atoms with Crippen molar-refractivity contribution < 1.29 is 5.11 Å². The van der Waals surface area contributed by atoms with Gasteiger partial charge in [0, 0.05) is 0 Å². The molecule has 7 fully saturated rings. The lowest BCUT2D eigenvalue weighted by Crippen LogP contribution is -2.51. The van der Waals surface area contributed by atoms with Crippen LogP contribution < -0.4 is 0 Å². The van der Waals surface area contributed by atoms with E-state index in [1.165, 1.54) is 32.1 Å². The molecular formula is C22H27NO. The average Bonchev–Trinajstić information content (AvgIpc) is 3.51. The van der Waals surface area contributed by atoms with Gasteiger partial charge in [0.25, 0.3) is 0 Å². The molecule has 0 aliphatic heterocycles. The summed E-state index contributed by atoms with van der Waals surface area (Å²) in [5.74, 6) is 7.44. The van der Waals surface area contributed by atoms with E-state index in [4.69, 9.17) is 0 Å². The van der Waals surface area contributed by atoms with E-state index in [0.29, 0.717) is 16.7 Å². The van der Waals surface area contributed by atoms with Gasteiger partial charge in [-0.1, -0.05) is 18.6 Å². The fourth-order valence-corrected chi connectivity index (χ4v) is 9.98. The molecule has 126 valence electrons. The van der Waals surface area contributed by atoms with Crippen molar-refractivity contribution in [2.24, 2.45) is 64.1 Å². The molecule has 8 aliphatic rings. The third-order valence-electron chi connectivity index (χ3n) is 10.5. The summed E-state index contributed by atoms with van der Waals surface area (Å²) in [6, 6.07) is 2.80. The van der Waals surface area contributed by atoms with Crippen LogP contribution in [0.1, 0.15) is 45.4 Å². The first-order chi connectivity index (χ1) is 11.7. The van der Waals surface area contributed by atoms with E-state index in [1.807, 2.05) is 0 Å². The van der Waals surface area contributed by atoms with E-state index >= 15 is 0 Å². The highest BCUT2D eigenvalue weighted by Crippen LogP contribution is 3.02. The number of rotatable bonds is 1. The van der Waals surface area contributed by atoms with Gasteiger partial charge >= 0.3 is 0 Å². The van der Waals surface area contributed by atoms with Crippen molar-refractivity contribution >= 4 is 0 Å². The highest BCUT2D eigenvalue weighted by atomic mass is 16.3. The summed E-state index contributed by atoms with van der Waals surface area (Å²) in [4.78, 5) is 0. The molecule has 0 aromatic rings. The van der Waals surface area contributed by atoms with E-state index in [9.17, 15) is 10.4 Å². The molecule has 7 saturated carbocycles. The summed E-state index contributed by atoms with van der Waals surface area (Å²) in [5.41, 5.74) is 2.67. The molecule has 2 heteroatoms. The predicted octanol–water partition coefficient (Wildman–Crippen LogP) is 3.77. The maximum Gasteiger partial charge on any atom is 0.0723 e. The van der Waals surface area contributed by atoms with E-state index in [2.05, 4.69) is 19.1 Å². The molecule has 0 aromatic carbocycles. The topological polar surface area (TPSA) is 44.0 Å². The Kier molecular flexibility index (Phi) is 2.04. The van der Waals surface area contributed by atoms with E-state index in [-0.39, 0.29) is 6.10 Å². The molecule has 8 rings (SSSR count). The van der Waals surface area contributed by atoms with Crippen molar-refractivity contribution in [3.8, 4) is 6.07 Å². The Balaban J connectivity index is 1.35. The third kappa shape index (κ3) is 1.06. The molecule has 2 nitrogen and oxygen atoms in total. The Morgan fingerprint density at radius 1 is 1.17 bits per heavy atom. The van der Waals surface area contributed by atoms with Crippen molar-refractivity contribution in [2.75, 3.05) is 0 Å². The van der Waals surface area contributed by atoms with Crippen LogP contribution in [0.3, 0.4) is 0 Å². The normalized spacial score (nSPS) is 69.1. The molecule has 0 aromatic heterocycles. The summed E-state index contributed by atoms with van der Waals surface area (Å²) >= 11 is 0. The molecule has 1 spiro atoms. The lowest BCUT2D eigenvalue weighted by molar-refractivity contribution is -0.0670. The first-order valence-corrected chi connectivity index (χ1v) is 10.5. The molecule has 24 heavy (non-hydrogen) atoms. The number of aliphatic hydroxyl groups excluding tert-OH is 1. The summed E-state index contributed by atoms with van der Waals surface area (Å²) < 4.78 is 0. The lowest BCUT2D eigenvalue weighted by Gasteiger charge is -2.56. The van der Waals surface area contributed by atoms with Crippen LogP contribution in [0.4, 0.5) is 0 Å². The minimum atomic E-state index is -0.168. The number of nitriles is 1. The first kappa shape index (κ1) is 13.4. The van der Waals surface area contributed by atoms with Gasteiger partial charge in [0.2, 0.25) is 0 Å². The SMILES string of the molecule is CCC12CCC3C4CCC(O)C=C4C4CC4C3C13C1C(C2C#N)C13. The predicted molar refractivity (Wildman–Crippen MR) is 89.4 cm³/mol. The number of aliphatic hydroxyl groups is 1. The summed E-state index contributed by atoms with van der Waals surface area (Å²) in [7, 11) is 0. The Bertz CT molecular complexity index is 723. The van der Waals surface area contributed by atoms with Crippen LogP contribution >= 0.6 is 0 Å². The quantitative estimate of drug-likeness (QED) is 0.747. The first-order valence-electron chi connectivity index (χ1n) is 10.5. The number of hydrogen-bond acceptors (Lipinski definition) is 2. The van der Waals surface area contributed by atoms with Gasteiger partial charge < -0.3 is 5.11 Å². The molecule has 2 bridgehead atoms. The Labute approximate surface area is 144 Å². The van der Waals surface area contributed by atoms with Crippen molar-refractivity contribution in [3.05, 3.63) is 11.6 Å². The molecule has 10 atom stereocenters. The third-order valence-corrected chi connectivity index (χ3v) is 10.5. The molecule has 1 N–H and O–H groups in total.